The molecule has 2 nitrogen and oxygen atoms in total. The minimum absolute atomic E-state index is 0. The molecule has 0 radical (unpaired) electrons. The Balaban J connectivity index is 0. The van der Waals surface area contributed by atoms with Crippen LogP contribution in [0.5, 0.6) is 0 Å². The highest BCUT2D eigenvalue weighted by atomic mass is 35.5. The SMILES string of the molecule is CC(O)C(Cl)CCN(C)C.Cl. The van der Waals surface area contributed by atoms with Crippen LogP contribution in [0.3, 0.4) is 0 Å². The van der Waals surface area contributed by atoms with Crippen LogP contribution in [0.2, 0.25) is 0 Å². The Bertz CT molecular complexity index is 88.5. The van der Waals surface area contributed by atoms with Crippen LogP contribution in [-0.2, 0) is 0 Å². The van der Waals surface area contributed by atoms with Crippen LogP contribution in [0.1, 0.15) is 13.3 Å². The molecule has 0 rings (SSSR count). The van der Waals surface area contributed by atoms with Crippen molar-refractivity contribution in [3.05, 3.63) is 0 Å². The largest absolute Gasteiger partial charge is 0.392 e. The summed E-state index contributed by atoms with van der Waals surface area (Å²) in [5, 5.41) is 8.87. The van der Waals surface area contributed by atoms with Gasteiger partial charge >= 0.3 is 0 Å². The zero-order chi connectivity index (χ0) is 8.15. The fraction of sp³-hybridized carbons (Fsp3) is 1.00. The Morgan fingerprint density at radius 2 is 1.91 bits per heavy atom. The second kappa shape index (κ2) is 7.17. The third-order valence-electron chi connectivity index (χ3n) is 1.38. The molecule has 0 saturated heterocycles. The first-order valence-electron chi connectivity index (χ1n) is 3.51. The van der Waals surface area contributed by atoms with Gasteiger partial charge in [-0.25, -0.2) is 0 Å². The first-order chi connectivity index (χ1) is 4.54. The lowest BCUT2D eigenvalue weighted by Gasteiger charge is -2.15. The van der Waals surface area contributed by atoms with Gasteiger partial charge in [-0.3, -0.25) is 0 Å². The second-order valence-corrected chi connectivity index (χ2v) is 3.41. The molecule has 11 heavy (non-hydrogen) atoms. The van der Waals surface area contributed by atoms with Gasteiger partial charge in [0.25, 0.3) is 0 Å². The Morgan fingerprint density at radius 3 is 2.18 bits per heavy atom. The molecular formula is C7H17Cl2NO. The molecule has 0 fully saturated rings. The van der Waals surface area contributed by atoms with Crippen LogP contribution in [0.4, 0.5) is 0 Å². The van der Waals surface area contributed by atoms with Crippen molar-refractivity contribution in [1.82, 2.24) is 4.90 Å². The van der Waals surface area contributed by atoms with E-state index in [4.69, 9.17) is 16.7 Å². The lowest BCUT2D eigenvalue weighted by Crippen LogP contribution is -2.23. The summed E-state index contributed by atoms with van der Waals surface area (Å²) in [6.45, 7) is 2.65. The summed E-state index contributed by atoms with van der Waals surface area (Å²) in [5.74, 6) is 0. The van der Waals surface area contributed by atoms with Crippen molar-refractivity contribution in [1.29, 1.82) is 0 Å². The summed E-state index contributed by atoms with van der Waals surface area (Å²) in [6, 6.07) is 0. The summed E-state index contributed by atoms with van der Waals surface area (Å²) in [6.07, 6.45) is 0.438. The molecule has 0 aliphatic heterocycles. The monoisotopic (exact) mass is 201 g/mol. The minimum atomic E-state index is -0.401. The maximum Gasteiger partial charge on any atom is 0.0676 e. The average Bonchev–Trinajstić information content (AvgIpc) is 1.82. The van der Waals surface area contributed by atoms with Crippen molar-refractivity contribution in [2.24, 2.45) is 0 Å². The topological polar surface area (TPSA) is 23.5 Å². The number of halogens is 2. The highest BCUT2D eigenvalue weighted by Gasteiger charge is 2.10. The first-order valence-corrected chi connectivity index (χ1v) is 3.94. The maximum atomic E-state index is 8.98. The number of hydrogen-bond donors (Lipinski definition) is 1. The third kappa shape index (κ3) is 8.41. The molecule has 0 amide bonds. The number of hydrogen-bond acceptors (Lipinski definition) is 2. The Labute approximate surface area is 79.9 Å². The van der Waals surface area contributed by atoms with E-state index >= 15 is 0 Å². The molecular weight excluding hydrogens is 185 g/mol. The quantitative estimate of drug-likeness (QED) is 0.695. The van der Waals surface area contributed by atoms with Gasteiger partial charge in [0.05, 0.1) is 11.5 Å². The van der Waals surface area contributed by atoms with Gasteiger partial charge in [0.15, 0.2) is 0 Å². The maximum absolute atomic E-state index is 8.98. The van der Waals surface area contributed by atoms with E-state index in [2.05, 4.69) is 4.90 Å². The van der Waals surface area contributed by atoms with Gasteiger partial charge in [0, 0.05) is 0 Å². The Morgan fingerprint density at radius 1 is 1.45 bits per heavy atom. The van der Waals surface area contributed by atoms with Crippen LogP contribution >= 0.6 is 24.0 Å². The van der Waals surface area contributed by atoms with Gasteiger partial charge in [-0.15, -0.1) is 24.0 Å². The standard InChI is InChI=1S/C7H16ClNO.ClH/c1-6(10)7(8)4-5-9(2)3;/h6-7,10H,4-5H2,1-3H3;1H. The van der Waals surface area contributed by atoms with E-state index in [-0.39, 0.29) is 17.8 Å². The molecule has 0 aromatic heterocycles. The molecule has 0 aliphatic carbocycles. The van der Waals surface area contributed by atoms with Gasteiger partial charge < -0.3 is 10.0 Å². The lowest BCUT2D eigenvalue weighted by molar-refractivity contribution is 0.181. The normalized spacial score (nSPS) is 15.8. The smallest absolute Gasteiger partial charge is 0.0676 e. The molecule has 0 aromatic rings. The summed E-state index contributed by atoms with van der Waals surface area (Å²) in [4.78, 5) is 2.05. The van der Waals surface area contributed by atoms with Gasteiger partial charge in [-0.1, -0.05) is 0 Å². The predicted molar refractivity (Wildman–Crippen MR) is 51.7 cm³/mol. The number of nitrogens with zero attached hydrogens (tertiary/aromatic N) is 1. The molecule has 0 heterocycles. The minimum Gasteiger partial charge on any atom is -0.392 e. The zero-order valence-corrected chi connectivity index (χ0v) is 8.82. The number of alkyl halides is 1. The number of aliphatic hydroxyl groups is 1. The van der Waals surface area contributed by atoms with E-state index in [1.165, 1.54) is 0 Å². The molecule has 0 aromatic carbocycles. The molecule has 70 valence electrons. The first kappa shape index (κ1) is 14.0. The van der Waals surface area contributed by atoms with Crippen LogP contribution < -0.4 is 0 Å². The van der Waals surface area contributed by atoms with Crippen molar-refractivity contribution >= 4 is 24.0 Å². The molecule has 0 bridgehead atoms. The van der Waals surface area contributed by atoms with Crippen molar-refractivity contribution in [3.8, 4) is 0 Å². The van der Waals surface area contributed by atoms with Gasteiger partial charge in [-0.2, -0.15) is 0 Å². The van der Waals surface area contributed by atoms with Crippen LogP contribution in [-0.4, -0.2) is 42.1 Å². The third-order valence-corrected chi connectivity index (χ3v) is 1.96. The van der Waals surface area contributed by atoms with E-state index in [9.17, 15) is 0 Å². The van der Waals surface area contributed by atoms with Gasteiger partial charge in [0.1, 0.15) is 0 Å². The number of rotatable bonds is 4. The summed E-state index contributed by atoms with van der Waals surface area (Å²) >= 11 is 5.78. The Kier molecular flexibility index (Phi) is 9.15. The average molecular weight is 202 g/mol. The van der Waals surface area contributed by atoms with Crippen LogP contribution in [0.15, 0.2) is 0 Å². The van der Waals surface area contributed by atoms with Crippen LogP contribution in [0.25, 0.3) is 0 Å². The molecule has 0 aliphatic rings. The van der Waals surface area contributed by atoms with Crippen molar-refractivity contribution in [3.63, 3.8) is 0 Å². The summed E-state index contributed by atoms with van der Waals surface area (Å²) in [7, 11) is 3.98. The molecule has 0 saturated carbocycles. The molecule has 2 unspecified atom stereocenters. The summed E-state index contributed by atoms with van der Waals surface area (Å²) in [5.41, 5.74) is 0. The van der Waals surface area contributed by atoms with Gasteiger partial charge in [0.2, 0.25) is 0 Å². The van der Waals surface area contributed by atoms with E-state index in [1.54, 1.807) is 6.92 Å². The van der Waals surface area contributed by atoms with E-state index in [1.807, 2.05) is 14.1 Å². The molecule has 2 atom stereocenters. The van der Waals surface area contributed by atoms with Crippen molar-refractivity contribution in [2.75, 3.05) is 20.6 Å². The van der Waals surface area contributed by atoms with E-state index in [0.29, 0.717) is 0 Å². The highest BCUT2D eigenvalue weighted by Crippen LogP contribution is 2.06. The van der Waals surface area contributed by atoms with Crippen molar-refractivity contribution < 1.29 is 5.11 Å². The van der Waals surface area contributed by atoms with Crippen LogP contribution in [0, 0.1) is 0 Å². The Hall–Kier alpha value is 0.500. The second-order valence-electron chi connectivity index (χ2n) is 2.85. The van der Waals surface area contributed by atoms with E-state index in [0.717, 1.165) is 13.0 Å². The summed E-state index contributed by atoms with van der Waals surface area (Å²) < 4.78 is 0. The lowest BCUT2D eigenvalue weighted by atomic mass is 10.2. The molecule has 0 spiro atoms. The predicted octanol–water partition coefficient (Wildman–Crippen LogP) is 1.35. The fourth-order valence-corrected chi connectivity index (χ4v) is 0.720. The van der Waals surface area contributed by atoms with Gasteiger partial charge in [-0.05, 0) is 34.0 Å². The fourth-order valence-electron chi connectivity index (χ4n) is 0.623. The highest BCUT2D eigenvalue weighted by molar-refractivity contribution is 6.20. The number of aliphatic hydroxyl groups excluding tert-OH is 1. The van der Waals surface area contributed by atoms with Crippen molar-refractivity contribution in [2.45, 2.75) is 24.8 Å². The molecule has 1 N–H and O–H groups in total. The molecule has 4 heteroatoms. The zero-order valence-electron chi connectivity index (χ0n) is 7.25. The van der Waals surface area contributed by atoms with E-state index < -0.39 is 6.10 Å².